The first-order chi connectivity index (χ1) is 13.2. The molecule has 0 aliphatic heterocycles. The van der Waals surface area contributed by atoms with Gasteiger partial charge in [0.15, 0.2) is 11.5 Å². The number of halogens is 1. The minimum atomic E-state index is 0. The van der Waals surface area contributed by atoms with E-state index in [-0.39, 0.29) is 18.4 Å². The summed E-state index contributed by atoms with van der Waals surface area (Å²) < 4.78 is 11.7. The lowest BCUT2D eigenvalue weighted by Gasteiger charge is -2.18. The van der Waals surface area contributed by atoms with Crippen molar-refractivity contribution in [1.82, 2.24) is 5.32 Å². The maximum atomic E-state index is 6.16. The Bertz CT molecular complexity index is 850. The Kier molecular flexibility index (Phi) is 8.37. The van der Waals surface area contributed by atoms with Crippen molar-refractivity contribution in [1.29, 1.82) is 0 Å². The summed E-state index contributed by atoms with van der Waals surface area (Å²) in [7, 11) is 1.68. The molecule has 0 saturated heterocycles. The average Bonchev–Trinajstić information content (AvgIpc) is 2.72. The topological polar surface area (TPSA) is 30.5 Å². The quantitative estimate of drug-likeness (QED) is 0.516. The van der Waals surface area contributed by atoms with E-state index in [4.69, 9.17) is 9.47 Å². The van der Waals surface area contributed by atoms with Crippen LogP contribution in [0.25, 0.3) is 0 Å². The summed E-state index contributed by atoms with van der Waals surface area (Å²) in [5.41, 5.74) is 4.74. The van der Waals surface area contributed by atoms with E-state index in [2.05, 4.69) is 73.8 Å². The molecule has 1 N–H and O–H groups in total. The highest BCUT2D eigenvalue weighted by Crippen LogP contribution is 2.32. The van der Waals surface area contributed by atoms with Crippen LogP contribution in [0.1, 0.15) is 35.2 Å². The van der Waals surface area contributed by atoms with E-state index in [1.54, 1.807) is 7.11 Å². The second-order valence-electron chi connectivity index (χ2n) is 6.74. The summed E-state index contributed by atoms with van der Waals surface area (Å²) in [6.45, 7) is 5.48. The first-order valence-corrected chi connectivity index (χ1v) is 9.30. The van der Waals surface area contributed by atoms with Gasteiger partial charge < -0.3 is 14.8 Å². The van der Waals surface area contributed by atoms with Gasteiger partial charge in [-0.2, -0.15) is 0 Å². The number of rotatable bonds is 8. The highest BCUT2D eigenvalue weighted by atomic mass is 35.5. The number of methoxy groups -OCH3 is 1. The third kappa shape index (κ3) is 5.75. The second-order valence-corrected chi connectivity index (χ2v) is 6.74. The number of hydrogen-bond acceptors (Lipinski definition) is 3. The van der Waals surface area contributed by atoms with E-state index in [0.717, 1.165) is 22.6 Å². The molecule has 0 aromatic heterocycles. The predicted molar refractivity (Wildman–Crippen MR) is 117 cm³/mol. The van der Waals surface area contributed by atoms with Crippen molar-refractivity contribution >= 4 is 12.4 Å². The Hall–Kier alpha value is -2.49. The predicted octanol–water partition coefficient (Wildman–Crippen LogP) is 5.86. The fourth-order valence-corrected chi connectivity index (χ4v) is 2.99. The van der Waals surface area contributed by atoms with Crippen molar-refractivity contribution in [2.24, 2.45) is 0 Å². The van der Waals surface area contributed by atoms with Crippen LogP contribution in [0.2, 0.25) is 0 Å². The van der Waals surface area contributed by atoms with Gasteiger partial charge in [-0.25, -0.2) is 0 Å². The fourth-order valence-electron chi connectivity index (χ4n) is 2.99. The molecule has 0 radical (unpaired) electrons. The summed E-state index contributed by atoms with van der Waals surface area (Å²) in [5, 5.41) is 3.58. The van der Waals surface area contributed by atoms with Crippen molar-refractivity contribution in [3.63, 3.8) is 0 Å². The lowest BCUT2D eigenvalue weighted by atomic mass is 10.1. The first-order valence-electron chi connectivity index (χ1n) is 9.30. The van der Waals surface area contributed by atoms with Gasteiger partial charge >= 0.3 is 0 Å². The molecule has 0 bridgehead atoms. The lowest BCUT2D eigenvalue weighted by Crippen LogP contribution is -2.18. The SMILES string of the molecule is COc1cccc(CNC(C)c2ccccc2)c1OCc1ccc(C)cc1.Cl. The average molecular weight is 398 g/mol. The summed E-state index contributed by atoms with van der Waals surface area (Å²) in [6, 6.07) is 25.1. The van der Waals surface area contributed by atoms with Crippen LogP contribution in [0.15, 0.2) is 72.8 Å². The van der Waals surface area contributed by atoms with Gasteiger partial charge in [-0.15, -0.1) is 12.4 Å². The van der Waals surface area contributed by atoms with E-state index in [1.807, 2.05) is 18.2 Å². The zero-order valence-corrected chi connectivity index (χ0v) is 17.5. The summed E-state index contributed by atoms with van der Waals surface area (Å²) >= 11 is 0. The van der Waals surface area contributed by atoms with Gasteiger partial charge in [0.2, 0.25) is 0 Å². The largest absolute Gasteiger partial charge is 0.493 e. The molecule has 0 spiro atoms. The third-order valence-corrected chi connectivity index (χ3v) is 4.68. The molecule has 0 aliphatic rings. The molecule has 0 heterocycles. The van der Waals surface area contributed by atoms with Crippen molar-refractivity contribution in [3.8, 4) is 11.5 Å². The zero-order chi connectivity index (χ0) is 19.1. The summed E-state index contributed by atoms with van der Waals surface area (Å²) in [4.78, 5) is 0. The molecule has 3 nitrogen and oxygen atoms in total. The number of ether oxygens (including phenoxy) is 2. The normalized spacial score (nSPS) is 11.4. The number of benzene rings is 3. The molecular formula is C24H28ClNO2. The highest BCUT2D eigenvalue weighted by molar-refractivity contribution is 5.85. The molecule has 0 fully saturated rings. The zero-order valence-electron chi connectivity index (χ0n) is 16.6. The Morgan fingerprint density at radius 3 is 2.29 bits per heavy atom. The molecule has 1 atom stereocenters. The standard InChI is InChI=1S/C24H27NO2.ClH/c1-18-12-14-20(15-13-18)17-27-24-22(10-7-11-23(24)26-3)16-25-19(2)21-8-5-4-6-9-21;/h4-15,19,25H,16-17H2,1-3H3;1H. The highest BCUT2D eigenvalue weighted by Gasteiger charge is 2.12. The van der Waals surface area contributed by atoms with Crippen molar-refractivity contribution < 1.29 is 9.47 Å². The minimum absolute atomic E-state index is 0. The van der Waals surface area contributed by atoms with Crippen molar-refractivity contribution in [2.45, 2.75) is 33.0 Å². The van der Waals surface area contributed by atoms with Gasteiger partial charge in [-0.3, -0.25) is 0 Å². The molecule has 28 heavy (non-hydrogen) atoms. The number of para-hydroxylation sites is 1. The van der Waals surface area contributed by atoms with Gasteiger partial charge in [0.25, 0.3) is 0 Å². The molecule has 3 aromatic rings. The molecule has 148 valence electrons. The van der Waals surface area contributed by atoms with E-state index in [9.17, 15) is 0 Å². The molecule has 0 saturated carbocycles. The number of hydrogen-bond donors (Lipinski definition) is 1. The molecular weight excluding hydrogens is 370 g/mol. The fraction of sp³-hybridized carbons (Fsp3) is 0.250. The first kappa shape index (κ1) is 21.8. The van der Waals surface area contributed by atoms with Crippen LogP contribution < -0.4 is 14.8 Å². The maximum absolute atomic E-state index is 6.16. The third-order valence-electron chi connectivity index (χ3n) is 4.68. The van der Waals surface area contributed by atoms with Crippen LogP contribution in [0.4, 0.5) is 0 Å². The smallest absolute Gasteiger partial charge is 0.166 e. The van der Waals surface area contributed by atoms with Crippen LogP contribution in [-0.2, 0) is 13.2 Å². The van der Waals surface area contributed by atoms with Gasteiger partial charge in [-0.1, -0.05) is 72.3 Å². The number of nitrogens with one attached hydrogen (secondary N) is 1. The minimum Gasteiger partial charge on any atom is -0.493 e. The second kappa shape index (κ2) is 10.7. The van der Waals surface area contributed by atoms with Crippen LogP contribution in [0.3, 0.4) is 0 Å². The Balaban J connectivity index is 0.00000280. The van der Waals surface area contributed by atoms with Crippen LogP contribution in [-0.4, -0.2) is 7.11 Å². The van der Waals surface area contributed by atoms with Crippen LogP contribution in [0, 0.1) is 6.92 Å². The van der Waals surface area contributed by atoms with Crippen LogP contribution in [0.5, 0.6) is 11.5 Å². The molecule has 4 heteroatoms. The number of aryl methyl sites for hydroxylation is 1. The van der Waals surface area contributed by atoms with Gasteiger partial charge in [0.1, 0.15) is 6.61 Å². The molecule has 3 rings (SSSR count). The molecule has 1 unspecified atom stereocenters. The van der Waals surface area contributed by atoms with E-state index in [0.29, 0.717) is 13.2 Å². The van der Waals surface area contributed by atoms with Crippen LogP contribution >= 0.6 is 12.4 Å². The van der Waals surface area contributed by atoms with Gasteiger partial charge in [0.05, 0.1) is 7.11 Å². The Labute approximate surface area is 174 Å². The van der Waals surface area contributed by atoms with E-state index in [1.165, 1.54) is 11.1 Å². The van der Waals surface area contributed by atoms with Crippen molar-refractivity contribution in [2.75, 3.05) is 7.11 Å². The monoisotopic (exact) mass is 397 g/mol. The van der Waals surface area contributed by atoms with Gasteiger partial charge in [-0.05, 0) is 31.0 Å². The summed E-state index contributed by atoms with van der Waals surface area (Å²) in [5.74, 6) is 1.56. The van der Waals surface area contributed by atoms with E-state index >= 15 is 0 Å². The lowest BCUT2D eigenvalue weighted by molar-refractivity contribution is 0.280. The molecule has 3 aromatic carbocycles. The maximum Gasteiger partial charge on any atom is 0.166 e. The molecule has 0 amide bonds. The van der Waals surface area contributed by atoms with Gasteiger partial charge in [0, 0.05) is 18.2 Å². The van der Waals surface area contributed by atoms with E-state index < -0.39 is 0 Å². The molecule has 0 aliphatic carbocycles. The summed E-state index contributed by atoms with van der Waals surface area (Å²) in [6.07, 6.45) is 0. The van der Waals surface area contributed by atoms with Crippen molar-refractivity contribution in [3.05, 3.63) is 95.1 Å². The Morgan fingerprint density at radius 2 is 1.61 bits per heavy atom. The Morgan fingerprint density at radius 1 is 0.893 bits per heavy atom.